The number of anilines is 1. The van der Waals surface area contributed by atoms with Crippen molar-refractivity contribution in [3.05, 3.63) is 113 Å². The molecule has 8 heteroatoms. The zero-order chi connectivity index (χ0) is 28.6. The lowest BCUT2D eigenvalue weighted by atomic mass is 9.92. The Morgan fingerprint density at radius 2 is 1.50 bits per heavy atom. The van der Waals surface area contributed by atoms with Gasteiger partial charge in [-0.15, -0.1) is 0 Å². The van der Waals surface area contributed by atoms with Crippen molar-refractivity contribution in [1.29, 1.82) is 0 Å². The Morgan fingerprint density at radius 3 is 2.15 bits per heavy atom. The van der Waals surface area contributed by atoms with E-state index < -0.39 is 17.7 Å². The van der Waals surface area contributed by atoms with Crippen LogP contribution in [0, 0.1) is 17.6 Å². The van der Waals surface area contributed by atoms with Crippen LogP contribution < -0.4 is 14.8 Å². The van der Waals surface area contributed by atoms with Crippen molar-refractivity contribution in [1.82, 2.24) is 0 Å². The van der Waals surface area contributed by atoms with E-state index in [1.54, 1.807) is 30.3 Å². The first-order valence-corrected chi connectivity index (χ1v) is 12.8. The summed E-state index contributed by atoms with van der Waals surface area (Å²) >= 11 is 0. The Labute approximate surface area is 231 Å². The number of nitrogens with one attached hydrogen (secondary N) is 1. The third kappa shape index (κ3) is 7.02. The molecule has 206 valence electrons. The normalized spacial score (nSPS) is 10.8. The number of halogens is 2. The Kier molecular flexibility index (Phi) is 9.11. The number of amides is 1. The van der Waals surface area contributed by atoms with Gasteiger partial charge in [0.25, 0.3) is 0 Å². The van der Waals surface area contributed by atoms with Crippen molar-refractivity contribution in [2.24, 2.45) is 5.92 Å². The first kappa shape index (κ1) is 28.3. The molecule has 0 spiro atoms. The Morgan fingerprint density at radius 1 is 0.825 bits per heavy atom. The molecule has 1 N–H and O–H groups in total. The quantitative estimate of drug-likeness (QED) is 0.202. The van der Waals surface area contributed by atoms with Gasteiger partial charge in [-0.3, -0.25) is 10.1 Å². The zero-order valence-corrected chi connectivity index (χ0v) is 22.4. The van der Waals surface area contributed by atoms with Gasteiger partial charge in [0, 0.05) is 23.2 Å². The summed E-state index contributed by atoms with van der Waals surface area (Å²) in [5.74, 6) is -0.748. The third-order valence-corrected chi connectivity index (χ3v) is 6.02. The van der Waals surface area contributed by atoms with Crippen LogP contribution in [-0.2, 0) is 17.8 Å². The molecule has 4 rings (SSSR count). The van der Waals surface area contributed by atoms with E-state index in [-0.39, 0.29) is 24.1 Å². The van der Waals surface area contributed by atoms with Crippen LogP contribution >= 0.6 is 0 Å². The van der Waals surface area contributed by atoms with Gasteiger partial charge in [-0.2, -0.15) is 0 Å². The molecule has 0 radical (unpaired) electrons. The number of benzene rings is 4. The monoisotopic (exact) mass is 545 g/mol. The minimum Gasteiger partial charge on any atom is -0.456 e. The molecular weight excluding hydrogens is 516 g/mol. The average Bonchev–Trinajstić information content (AvgIpc) is 2.94. The van der Waals surface area contributed by atoms with Crippen molar-refractivity contribution >= 4 is 17.6 Å². The van der Waals surface area contributed by atoms with Gasteiger partial charge in [0.05, 0.1) is 5.56 Å². The van der Waals surface area contributed by atoms with E-state index in [1.807, 2.05) is 45.0 Å². The summed E-state index contributed by atoms with van der Waals surface area (Å²) < 4.78 is 44.0. The van der Waals surface area contributed by atoms with E-state index in [2.05, 4.69) is 5.32 Å². The predicted octanol–water partition coefficient (Wildman–Crippen LogP) is 8.70. The number of para-hydroxylation sites is 1. The molecular formula is C32H29F2NO5. The van der Waals surface area contributed by atoms with Crippen LogP contribution in [0.3, 0.4) is 0 Å². The second-order valence-electron chi connectivity index (χ2n) is 9.28. The molecule has 0 aliphatic rings. The van der Waals surface area contributed by atoms with Gasteiger partial charge < -0.3 is 14.2 Å². The average molecular weight is 546 g/mol. The summed E-state index contributed by atoms with van der Waals surface area (Å²) in [6, 6.07) is 21.9. The highest BCUT2D eigenvalue weighted by Crippen LogP contribution is 2.35. The van der Waals surface area contributed by atoms with Crippen molar-refractivity contribution in [3.63, 3.8) is 0 Å². The van der Waals surface area contributed by atoms with Crippen LogP contribution in [0.15, 0.2) is 84.9 Å². The second-order valence-corrected chi connectivity index (χ2v) is 9.28. The van der Waals surface area contributed by atoms with Gasteiger partial charge in [0.1, 0.15) is 29.7 Å². The Balaban J connectivity index is 1.48. The van der Waals surface area contributed by atoms with Crippen LogP contribution in [0.4, 0.5) is 19.3 Å². The molecule has 0 heterocycles. The van der Waals surface area contributed by atoms with Crippen LogP contribution in [0.2, 0.25) is 0 Å². The fourth-order valence-electron chi connectivity index (χ4n) is 3.95. The molecule has 40 heavy (non-hydrogen) atoms. The number of carbonyl (C=O) groups is 2. The molecule has 0 fully saturated rings. The first-order chi connectivity index (χ1) is 19.2. The second kappa shape index (κ2) is 12.9. The van der Waals surface area contributed by atoms with Gasteiger partial charge in [-0.1, -0.05) is 51.1 Å². The van der Waals surface area contributed by atoms with E-state index in [0.29, 0.717) is 40.5 Å². The molecule has 1 amide bonds. The van der Waals surface area contributed by atoms with E-state index in [9.17, 15) is 18.4 Å². The first-order valence-electron chi connectivity index (χ1n) is 12.8. The molecule has 0 saturated carbocycles. The number of carbonyl (C=O) groups excluding carboxylic acids is 2. The number of Topliss-reactive ketones (excluding diaryl/α,β-unsaturated/α-hetero) is 1. The Hall–Kier alpha value is -4.72. The van der Waals surface area contributed by atoms with Crippen molar-refractivity contribution in [2.75, 3.05) is 5.32 Å². The highest BCUT2D eigenvalue weighted by atomic mass is 19.1. The standard InChI is InChI=1S/C32H29F2NO5/c1-4-21-10-11-22(31(29(21)30(36)20(2)3)40-25-8-6-5-7-9-25)19-38-32(37)35-24-13-15-26(16-14-24)39-28-17-12-23(33)18-27(28)34/h5-18,20H,4,19H2,1-3H3,(H,35,37). The number of rotatable bonds is 10. The van der Waals surface area contributed by atoms with Gasteiger partial charge in [-0.25, -0.2) is 13.6 Å². The maximum atomic E-state index is 13.8. The third-order valence-electron chi connectivity index (χ3n) is 6.02. The van der Waals surface area contributed by atoms with Crippen LogP contribution in [-0.4, -0.2) is 11.9 Å². The van der Waals surface area contributed by atoms with E-state index in [0.717, 1.165) is 17.7 Å². The molecule has 0 atom stereocenters. The number of aryl methyl sites for hydroxylation is 1. The minimum absolute atomic E-state index is 0.0584. The van der Waals surface area contributed by atoms with Crippen LogP contribution in [0.5, 0.6) is 23.0 Å². The fraction of sp³-hybridized carbons (Fsp3) is 0.188. The maximum absolute atomic E-state index is 13.8. The van der Waals surface area contributed by atoms with Gasteiger partial charge in [0.2, 0.25) is 0 Å². The predicted molar refractivity (Wildman–Crippen MR) is 148 cm³/mol. The van der Waals surface area contributed by atoms with Crippen molar-refractivity contribution < 1.29 is 32.6 Å². The number of hydrogen-bond acceptors (Lipinski definition) is 5. The smallest absolute Gasteiger partial charge is 0.411 e. The summed E-state index contributed by atoms with van der Waals surface area (Å²) in [6.07, 6.45) is -0.0890. The molecule has 0 bridgehead atoms. The number of ether oxygens (including phenoxy) is 3. The Bertz CT molecular complexity index is 1490. The van der Waals surface area contributed by atoms with E-state index >= 15 is 0 Å². The fourth-order valence-corrected chi connectivity index (χ4v) is 3.95. The van der Waals surface area contributed by atoms with E-state index in [4.69, 9.17) is 14.2 Å². The summed E-state index contributed by atoms with van der Waals surface area (Å²) in [7, 11) is 0. The lowest BCUT2D eigenvalue weighted by molar-refractivity contribution is 0.0935. The summed E-state index contributed by atoms with van der Waals surface area (Å²) in [5, 5.41) is 2.62. The number of ketones is 1. The van der Waals surface area contributed by atoms with Crippen molar-refractivity contribution in [3.8, 4) is 23.0 Å². The van der Waals surface area contributed by atoms with Crippen LogP contribution in [0.25, 0.3) is 0 Å². The lowest BCUT2D eigenvalue weighted by Gasteiger charge is -2.19. The highest BCUT2D eigenvalue weighted by Gasteiger charge is 2.24. The molecule has 0 aliphatic heterocycles. The van der Waals surface area contributed by atoms with Crippen molar-refractivity contribution in [2.45, 2.75) is 33.8 Å². The molecule has 0 aromatic heterocycles. The topological polar surface area (TPSA) is 73.9 Å². The molecule has 0 saturated heterocycles. The zero-order valence-electron chi connectivity index (χ0n) is 22.4. The molecule has 0 aliphatic carbocycles. The summed E-state index contributed by atoms with van der Waals surface area (Å²) in [5.41, 5.74) is 2.29. The number of hydrogen-bond donors (Lipinski definition) is 1. The SMILES string of the molecule is CCc1ccc(COC(=O)Nc2ccc(Oc3ccc(F)cc3F)cc2)c(Oc2ccccc2)c1C(=O)C(C)C. The van der Waals surface area contributed by atoms with Gasteiger partial charge in [-0.05, 0) is 60.5 Å². The highest BCUT2D eigenvalue weighted by molar-refractivity contribution is 6.02. The molecule has 0 unspecified atom stereocenters. The maximum Gasteiger partial charge on any atom is 0.411 e. The van der Waals surface area contributed by atoms with E-state index in [1.165, 1.54) is 18.2 Å². The molecule has 4 aromatic carbocycles. The summed E-state index contributed by atoms with van der Waals surface area (Å²) in [6.45, 7) is 5.49. The van der Waals surface area contributed by atoms with Gasteiger partial charge in [0.15, 0.2) is 17.3 Å². The lowest BCUT2D eigenvalue weighted by Crippen LogP contribution is -2.16. The minimum atomic E-state index is -0.827. The largest absolute Gasteiger partial charge is 0.456 e. The van der Waals surface area contributed by atoms with Gasteiger partial charge >= 0.3 is 6.09 Å². The molecule has 4 aromatic rings. The molecule has 6 nitrogen and oxygen atoms in total. The summed E-state index contributed by atoms with van der Waals surface area (Å²) in [4.78, 5) is 25.8. The van der Waals surface area contributed by atoms with Crippen LogP contribution in [0.1, 0.15) is 42.3 Å².